The Bertz CT molecular complexity index is 1540. The molecule has 1 N–H and O–H groups in total. The highest BCUT2D eigenvalue weighted by Crippen LogP contribution is 2.38. The van der Waals surface area contributed by atoms with Crippen LogP contribution in [0.3, 0.4) is 0 Å². The van der Waals surface area contributed by atoms with Crippen LogP contribution in [-0.2, 0) is 24.2 Å². The smallest absolute Gasteiger partial charge is 0.297 e. The van der Waals surface area contributed by atoms with Gasteiger partial charge in [-0.3, -0.25) is 14.2 Å². The summed E-state index contributed by atoms with van der Waals surface area (Å²) in [6, 6.07) is 10.0. The van der Waals surface area contributed by atoms with Crippen LogP contribution in [0.4, 0.5) is 5.13 Å². The molecule has 9 heteroatoms. The van der Waals surface area contributed by atoms with Gasteiger partial charge in [-0.25, -0.2) is 15.0 Å². The van der Waals surface area contributed by atoms with Crippen molar-refractivity contribution < 1.29 is 9.21 Å². The van der Waals surface area contributed by atoms with Gasteiger partial charge < -0.3 is 9.73 Å². The summed E-state index contributed by atoms with van der Waals surface area (Å²) in [5.74, 6) is -0.357. The van der Waals surface area contributed by atoms with E-state index in [4.69, 9.17) is 9.40 Å². The number of thiazole rings is 1. The maximum Gasteiger partial charge on any atom is 0.297 e. The fourth-order valence-corrected chi connectivity index (χ4v) is 4.88. The third-order valence-electron chi connectivity index (χ3n) is 5.70. The molecule has 4 heterocycles. The van der Waals surface area contributed by atoms with Crippen molar-refractivity contribution >= 4 is 44.6 Å². The summed E-state index contributed by atoms with van der Waals surface area (Å²) < 4.78 is 7.19. The van der Waals surface area contributed by atoms with Crippen molar-refractivity contribution in [3.05, 3.63) is 69.7 Å². The van der Waals surface area contributed by atoms with Gasteiger partial charge in [-0.05, 0) is 30.4 Å². The lowest BCUT2D eigenvalue weighted by Gasteiger charge is -2.08. The number of hydrogen-bond acceptors (Lipinski definition) is 7. The van der Waals surface area contributed by atoms with Crippen molar-refractivity contribution in [2.45, 2.75) is 25.8 Å². The first kappa shape index (κ1) is 18.9. The van der Waals surface area contributed by atoms with Crippen molar-refractivity contribution in [3.8, 4) is 11.3 Å². The van der Waals surface area contributed by atoms with Gasteiger partial charge in [0.2, 0.25) is 17.2 Å². The average molecular weight is 443 g/mol. The van der Waals surface area contributed by atoms with Gasteiger partial charge in [-0.15, -0.1) is 11.3 Å². The molecular weight excluding hydrogens is 426 g/mol. The highest BCUT2D eigenvalue weighted by atomic mass is 32.1. The first-order valence-electron chi connectivity index (χ1n) is 10.3. The second kappa shape index (κ2) is 7.38. The lowest BCUT2D eigenvalue weighted by molar-refractivity contribution is -0.116. The van der Waals surface area contributed by atoms with Crippen molar-refractivity contribution in [2.24, 2.45) is 0 Å². The predicted molar refractivity (Wildman–Crippen MR) is 122 cm³/mol. The average Bonchev–Trinajstić information content (AvgIpc) is 3.55. The Hall–Kier alpha value is -3.85. The number of amides is 1. The Morgan fingerprint density at radius 3 is 2.81 bits per heavy atom. The quantitative estimate of drug-likeness (QED) is 0.453. The highest BCUT2D eigenvalue weighted by Gasteiger charge is 2.26. The predicted octanol–water partition coefficient (Wildman–Crippen LogP) is 3.79. The third kappa shape index (κ3) is 3.01. The summed E-state index contributed by atoms with van der Waals surface area (Å²) in [6.07, 6.45) is 5.85. The Morgan fingerprint density at radius 1 is 1.16 bits per heavy atom. The van der Waals surface area contributed by atoms with E-state index in [2.05, 4.69) is 15.3 Å². The molecule has 1 aromatic carbocycles. The minimum absolute atomic E-state index is 0.122. The lowest BCUT2D eigenvalue weighted by atomic mass is 10.0. The van der Waals surface area contributed by atoms with Crippen LogP contribution in [0.1, 0.15) is 17.5 Å². The van der Waals surface area contributed by atoms with Gasteiger partial charge in [0.15, 0.2) is 5.13 Å². The van der Waals surface area contributed by atoms with Crippen molar-refractivity contribution in [2.75, 3.05) is 5.32 Å². The number of nitrogens with one attached hydrogen (secondary N) is 1. The van der Waals surface area contributed by atoms with Gasteiger partial charge in [0.1, 0.15) is 12.1 Å². The lowest BCUT2D eigenvalue weighted by Crippen LogP contribution is -2.27. The number of furan rings is 1. The monoisotopic (exact) mass is 443 g/mol. The van der Waals surface area contributed by atoms with E-state index in [9.17, 15) is 9.59 Å². The van der Waals surface area contributed by atoms with Crippen LogP contribution in [0.5, 0.6) is 0 Å². The zero-order valence-corrected chi connectivity index (χ0v) is 17.7. The fourth-order valence-electron chi connectivity index (χ4n) is 4.34. The molecule has 0 saturated heterocycles. The molecule has 0 atom stereocenters. The van der Waals surface area contributed by atoms with Gasteiger partial charge in [-0.2, -0.15) is 0 Å². The van der Waals surface area contributed by atoms with Crippen molar-refractivity contribution in [1.82, 2.24) is 19.5 Å². The number of aromatic nitrogens is 4. The summed E-state index contributed by atoms with van der Waals surface area (Å²) in [4.78, 5) is 38.7. The molecule has 4 aromatic heterocycles. The van der Waals surface area contributed by atoms with E-state index in [1.807, 2.05) is 30.3 Å². The van der Waals surface area contributed by atoms with E-state index >= 15 is 0 Å². The first-order valence-corrected chi connectivity index (χ1v) is 11.1. The van der Waals surface area contributed by atoms with E-state index in [-0.39, 0.29) is 18.0 Å². The molecule has 6 rings (SSSR count). The molecule has 8 nitrogen and oxygen atoms in total. The largest absolute Gasteiger partial charge is 0.430 e. The summed E-state index contributed by atoms with van der Waals surface area (Å²) in [6.45, 7) is -0.181. The number of fused-ring (bicyclic) bond motifs is 5. The molecule has 0 aliphatic heterocycles. The maximum atomic E-state index is 13.1. The standard InChI is InChI=1S/C23H17N5O3S/c29-16(26-23-24-9-10-32-23)11-28-12-25-19-17-14-7-4-8-15(14)18(13-5-2-1-3-6-13)27-21(17)31-20(19)22(28)30/h1-3,5-6,9-10,12H,4,7-8,11H2,(H,24,26,29). The summed E-state index contributed by atoms with van der Waals surface area (Å²) in [7, 11) is 0. The van der Waals surface area contributed by atoms with Crippen LogP contribution in [0.15, 0.2) is 57.4 Å². The Balaban J connectivity index is 1.47. The molecule has 5 aromatic rings. The second-order valence-electron chi connectivity index (χ2n) is 7.66. The number of rotatable bonds is 4. The van der Waals surface area contributed by atoms with Crippen LogP contribution < -0.4 is 10.9 Å². The van der Waals surface area contributed by atoms with E-state index < -0.39 is 5.56 Å². The van der Waals surface area contributed by atoms with E-state index in [0.29, 0.717) is 16.4 Å². The Kier molecular flexibility index (Phi) is 4.36. The van der Waals surface area contributed by atoms with E-state index in [1.54, 1.807) is 11.6 Å². The number of hydrogen-bond donors (Lipinski definition) is 1. The van der Waals surface area contributed by atoms with Gasteiger partial charge in [0.05, 0.1) is 17.4 Å². The number of benzene rings is 1. The highest BCUT2D eigenvalue weighted by molar-refractivity contribution is 7.13. The molecule has 32 heavy (non-hydrogen) atoms. The normalized spacial score (nSPS) is 13.0. The molecule has 0 radical (unpaired) electrons. The molecule has 0 unspecified atom stereocenters. The van der Waals surface area contributed by atoms with Crippen LogP contribution in [0.25, 0.3) is 33.5 Å². The molecule has 158 valence electrons. The number of aryl methyl sites for hydroxylation is 1. The zero-order chi connectivity index (χ0) is 21.7. The zero-order valence-electron chi connectivity index (χ0n) is 16.9. The summed E-state index contributed by atoms with van der Waals surface area (Å²) in [5.41, 5.74) is 4.90. The molecule has 1 amide bonds. The van der Waals surface area contributed by atoms with Gasteiger partial charge in [0, 0.05) is 17.1 Å². The molecule has 0 bridgehead atoms. The summed E-state index contributed by atoms with van der Waals surface area (Å²) >= 11 is 1.31. The molecule has 0 spiro atoms. The van der Waals surface area contributed by atoms with E-state index in [0.717, 1.165) is 41.5 Å². The maximum absolute atomic E-state index is 13.1. The SMILES string of the molecule is O=C(Cn1cnc2c(oc3nc(-c4ccccc4)c4c(c32)CCC4)c1=O)Nc1nccs1. The molecule has 1 aliphatic rings. The van der Waals surface area contributed by atoms with Crippen molar-refractivity contribution in [3.63, 3.8) is 0 Å². The van der Waals surface area contributed by atoms with Crippen LogP contribution in [0.2, 0.25) is 0 Å². The third-order valence-corrected chi connectivity index (χ3v) is 6.39. The summed E-state index contributed by atoms with van der Waals surface area (Å²) in [5, 5.41) is 5.72. The first-order chi connectivity index (χ1) is 15.7. The number of carbonyl (C=O) groups is 1. The minimum atomic E-state index is -0.407. The minimum Gasteiger partial charge on any atom is -0.430 e. The molecular formula is C23H17N5O3S. The second-order valence-corrected chi connectivity index (χ2v) is 8.55. The number of carbonyl (C=O) groups excluding carboxylic acids is 1. The van der Waals surface area contributed by atoms with Gasteiger partial charge >= 0.3 is 0 Å². The number of nitrogens with zero attached hydrogens (tertiary/aromatic N) is 4. The molecule has 0 saturated carbocycles. The molecule has 1 aliphatic carbocycles. The Labute approximate surface area is 185 Å². The van der Waals surface area contributed by atoms with Crippen molar-refractivity contribution in [1.29, 1.82) is 0 Å². The van der Waals surface area contributed by atoms with E-state index in [1.165, 1.54) is 27.8 Å². The molecule has 0 fully saturated rings. The number of pyridine rings is 1. The van der Waals surface area contributed by atoms with Crippen LogP contribution in [-0.4, -0.2) is 25.4 Å². The van der Waals surface area contributed by atoms with Gasteiger partial charge in [0.25, 0.3) is 5.56 Å². The fraction of sp³-hybridized carbons (Fsp3) is 0.174. The number of anilines is 1. The van der Waals surface area contributed by atoms with Crippen LogP contribution >= 0.6 is 11.3 Å². The topological polar surface area (TPSA) is 103 Å². The van der Waals surface area contributed by atoms with Crippen LogP contribution in [0, 0.1) is 0 Å². The van der Waals surface area contributed by atoms with Gasteiger partial charge in [-0.1, -0.05) is 30.3 Å². The Morgan fingerprint density at radius 2 is 2.00 bits per heavy atom.